The van der Waals surface area contributed by atoms with Gasteiger partial charge in [-0.3, -0.25) is 0 Å². The third-order valence-corrected chi connectivity index (χ3v) is 6.93. The molecule has 7 nitrogen and oxygen atoms in total. The Morgan fingerprint density at radius 1 is 0.775 bits per heavy atom. The minimum absolute atomic E-state index is 0.184. The molecule has 7 heteroatoms. The predicted octanol–water partition coefficient (Wildman–Crippen LogP) is 7.40. The van der Waals surface area contributed by atoms with Crippen LogP contribution in [0.5, 0.6) is 23.0 Å². The molecule has 0 unspecified atom stereocenters. The number of methoxy groups -OCH3 is 2. The number of esters is 1. The number of rotatable bonds is 5. The molecule has 1 N–H and O–H groups in total. The second-order valence-corrected chi connectivity index (χ2v) is 9.40. The zero-order valence-corrected chi connectivity index (χ0v) is 22.0. The Morgan fingerprint density at radius 2 is 1.62 bits per heavy atom. The average Bonchev–Trinajstić information content (AvgIpc) is 3.61. The number of fused-ring (bicyclic) bond motifs is 4. The lowest BCUT2D eigenvalue weighted by atomic mass is 10.0. The maximum Gasteiger partial charge on any atom is 0.338 e. The molecule has 0 bridgehead atoms. The fourth-order valence-corrected chi connectivity index (χ4v) is 4.81. The summed E-state index contributed by atoms with van der Waals surface area (Å²) >= 11 is 0. The van der Waals surface area contributed by atoms with Crippen molar-refractivity contribution < 1.29 is 33.3 Å². The van der Waals surface area contributed by atoms with Crippen LogP contribution in [0.2, 0.25) is 0 Å². The predicted molar refractivity (Wildman–Crippen MR) is 152 cm³/mol. The molecule has 1 aliphatic rings. The van der Waals surface area contributed by atoms with Gasteiger partial charge in [-0.2, -0.15) is 0 Å². The third kappa shape index (κ3) is 4.73. The van der Waals surface area contributed by atoms with Crippen LogP contribution in [0.25, 0.3) is 32.3 Å². The monoisotopic (exact) mass is 534 g/mol. The fraction of sp³-hybridized carbons (Fsp3) is 0.121. The molecule has 6 aromatic rings. The summed E-state index contributed by atoms with van der Waals surface area (Å²) in [6, 6.07) is 25.2. The van der Waals surface area contributed by atoms with Crippen molar-refractivity contribution in [2.24, 2.45) is 0 Å². The summed E-state index contributed by atoms with van der Waals surface area (Å²) in [5.74, 6) is 1.95. The number of ether oxygens (including phenoxy) is 4. The van der Waals surface area contributed by atoms with Crippen LogP contribution in [0, 0.1) is 0 Å². The number of hydrogen-bond donors (Lipinski definition) is 1. The highest BCUT2D eigenvalue weighted by Crippen LogP contribution is 2.40. The summed E-state index contributed by atoms with van der Waals surface area (Å²) in [6.07, 6.45) is 3.15. The van der Waals surface area contributed by atoms with Gasteiger partial charge in [0, 0.05) is 16.3 Å². The van der Waals surface area contributed by atoms with Crippen molar-refractivity contribution in [2.75, 3.05) is 14.2 Å². The lowest BCUT2D eigenvalue weighted by Crippen LogP contribution is -1.97. The lowest BCUT2D eigenvalue weighted by molar-refractivity contribution is 0.0535. The van der Waals surface area contributed by atoms with Crippen LogP contribution in [-0.4, -0.2) is 25.3 Å². The van der Waals surface area contributed by atoms with E-state index in [1.807, 2.05) is 72.8 Å². The Bertz CT molecular complexity index is 1850. The van der Waals surface area contributed by atoms with E-state index >= 15 is 0 Å². The minimum Gasteiger partial charge on any atom is -0.507 e. The van der Waals surface area contributed by atoms with Crippen LogP contribution >= 0.6 is 0 Å². The van der Waals surface area contributed by atoms with Gasteiger partial charge in [-0.05, 0) is 64.2 Å². The molecule has 0 amide bonds. The number of carbonyl (C=O) groups is 1. The van der Waals surface area contributed by atoms with E-state index in [4.69, 9.17) is 23.4 Å². The first kappa shape index (κ1) is 25.1. The first-order valence-corrected chi connectivity index (χ1v) is 12.7. The molecule has 40 heavy (non-hydrogen) atoms. The van der Waals surface area contributed by atoms with Crippen molar-refractivity contribution >= 4 is 38.3 Å². The Labute approximate surface area is 230 Å². The molecule has 1 aliphatic heterocycles. The highest BCUT2D eigenvalue weighted by atomic mass is 16.5. The molecule has 0 radical (unpaired) electrons. The molecule has 0 fully saturated rings. The molecular weight excluding hydrogens is 508 g/mol. The molecule has 0 aliphatic carbocycles. The molecular formula is C33H26O7. The van der Waals surface area contributed by atoms with Gasteiger partial charge in [0.2, 0.25) is 0 Å². The van der Waals surface area contributed by atoms with E-state index in [0.29, 0.717) is 41.0 Å². The number of carbonyl (C=O) groups excluding carboxylic acids is 1. The van der Waals surface area contributed by atoms with Crippen molar-refractivity contribution in [2.45, 2.75) is 13.2 Å². The van der Waals surface area contributed by atoms with Crippen molar-refractivity contribution in [3.8, 4) is 23.0 Å². The first-order valence-electron chi connectivity index (χ1n) is 12.7. The van der Waals surface area contributed by atoms with Gasteiger partial charge in [-0.25, -0.2) is 4.79 Å². The molecule has 0 atom stereocenters. The number of phenolic OH excluding ortho intramolecular Hbond substituents is 1. The Hall–Kier alpha value is -5.17. The normalized spacial score (nSPS) is 12.1. The van der Waals surface area contributed by atoms with Crippen LogP contribution in [0.15, 0.2) is 95.8 Å². The topological polar surface area (TPSA) is 87.4 Å². The summed E-state index contributed by atoms with van der Waals surface area (Å²) in [7, 11) is 3.22. The summed E-state index contributed by atoms with van der Waals surface area (Å²) in [6.45, 7) is 0.832. The largest absolute Gasteiger partial charge is 0.507 e. The Balaban J connectivity index is 0.000000157. The smallest absolute Gasteiger partial charge is 0.338 e. The van der Waals surface area contributed by atoms with Crippen molar-refractivity contribution in [3.63, 3.8) is 0 Å². The van der Waals surface area contributed by atoms with Crippen LogP contribution in [0.1, 0.15) is 21.5 Å². The molecule has 0 saturated heterocycles. The number of hydrogen-bond acceptors (Lipinski definition) is 7. The van der Waals surface area contributed by atoms with E-state index < -0.39 is 0 Å². The standard InChI is InChI=1S/C20H16O4.C13H10O3/c1-22-18-9-16-14(7-15-11-23-12-17(15)20(16)21)8-19(18)24-10-13-5-3-2-4-6-13;1-15-11-3-2-8-4-10-7-16-13(14)12(10)6-9(8)5-11/h2-9,11-12,21H,10H2,1H3;2-6H,7H2,1H3. The van der Waals surface area contributed by atoms with Crippen molar-refractivity contribution in [1.82, 2.24) is 0 Å². The number of phenols is 1. The van der Waals surface area contributed by atoms with E-state index in [1.165, 1.54) is 6.26 Å². The molecule has 0 spiro atoms. The quantitative estimate of drug-likeness (QED) is 0.231. The van der Waals surface area contributed by atoms with E-state index in [9.17, 15) is 9.90 Å². The zero-order valence-electron chi connectivity index (χ0n) is 22.0. The fourth-order valence-electron chi connectivity index (χ4n) is 4.81. The van der Waals surface area contributed by atoms with Crippen LogP contribution in [0.4, 0.5) is 0 Å². The number of cyclic esters (lactones) is 1. The molecule has 200 valence electrons. The molecule has 5 aromatic carbocycles. The molecule has 2 heterocycles. The lowest BCUT2D eigenvalue weighted by Gasteiger charge is -2.13. The van der Waals surface area contributed by atoms with Gasteiger partial charge in [-0.15, -0.1) is 0 Å². The highest BCUT2D eigenvalue weighted by Gasteiger charge is 2.21. The summed E-state index contributed by atoms with van der Waals surface area (Å²) in [5, 5.41) is 15.7. The van der Waals surface area contributed by atoms with Gasteiger partial charge < -0.3 is 28.5 Å². The van der Waals surface area contributed by atoms with E-state index in [0.717, 1.165) is 38.4 Å². The average molecular weight is 535 g/mol. The van der Waals surface area contributed by atoms with Gasteiger partial charge in [-0.1, -0.05) is 36.4 Å². The second-order valence-electron chi connectivity index (χ2n) is 9.40. The first-order chi connectivity index (χ1) is 19.5. The number of benzene rings is 5. The van der Waals surface area contributed by atoms with Gasteiger partial charge in [0.25, 0.3) is 0 Å². The van der Waals surface area contributed by atoms with Gasteiger partial charge >= 0.3 is 5.97 Å². The number of aromatic hydroxyl groups is 1. The maximum atomic E-state index is 11.4. The SMILES string of the molecule is COc1cc2c(O)c3cocc3cc2cc1OCc1ccccc1.COc1ccc2cc3c(cc2c1)C(=O)OC3. The maximum absolute atomic E-state index is 11.4. The Kier molecular flexibility index (Phi) is 6.62. The van der Waals surface area contributed by atoms with Crippen LogP contribution in [0.3, 0.4) is 0 Å². The summed E-state index contributed by atoms with van der Waals surface area (Å²) < 4.78 is 26.7. The van der Waals surface area contributed by atoms with E-state index in [-0.39, 0.29) is 11.7 Å². The molecule has 0 saturated carbocycles. The molecule has 7 rings (SSSR count). The zero-order chi connectivity index (χ0) is 27.6. The van der Waals surface area contributed by atoms with Crippen molar-refractivity contribution in [3.05, 3.63) is 108 Å². The minimum atomic E-state index is -0.236. The summed E-state index contributed by atoms with van der Waals surface area (Å²) in [4.78, 5) is 11.4. The van der Waals surface area contributed by atoms with Crippen LogP contribution < -0.4 is 14.2 Å². The second kappa shape index (κ2) is 10.5. The van der Waals surface area contributed by atoms with Gasteiger partial charge in [0.15, 0.2) is 11.5 Å². The van der Waals surface area contributed by atoms with Crippen molar-refractivity contribution in [1.29, 1.82) is 0 Å². The van der Waals surface area contributed by atoms with E-state index in [2.05, 4.69) is 0 Å². The van der Waals surface area contributed by atoms with Gasteiger partial charge in [0.1, 0.15) is 31.0 Å². The third-order valence-electron chi connectivity index (χ3n) is 6.93. The summed E-state index contributed by atoms with van der Waals surface area (Å²) in [5.41, 5.74) is 2.70. The molecule has 1 aromatic heterocycles. The Morgan fingerprint density at radius 3 is 2.42 bits per heavy atom. The van der Waals surface area contributed by atoms with Crippen LogP contribution in [-0.2, 0) is 18.0 Å². The van der Waals surface area contributed by atoms with E-state index in [1.54, 1.807) is 26.5 Å². The number of furan rings is 1. The highest BCUT2D eigenvalue weighted by molar-refractivity contribution is 6.05. The van der Waals surface area contributed by atoms with Gasteiger partial charge in [0.05, 0.1) is 31.4 Å².